The summed E-state index contributed by atoms with van der Waals surface area (Å²) in [6, 6.07) is 7.83. The lowest BCUT2D eigenvalue weighted by molar-refractivity contribution is 0.0698. The van der Waals surface area contributed by atoms with Crippen molar-refractivity contribution in [2.24, 2.45) is 0 Å². The summed E-state index contributed by atoms with van der Waals surface area (Å²) in [4.78, 5) is 25.6. The van der Waals surface area contributed by atoms with Crippen molar-refractivity contribution in [2.45, 2.75) is 11.8 Å². The summed E-state index contributed by atoms with van der Waals surface area (Å²) < 4.78 is 26.9. The number of ketones is 1. The maximum Gasteiger partial charge on any atom is 0.254 e. The van der Waals surface area contributed by atoms with Gasteiger partial charge in [-0.2, -0.15) is 15.6 Å². The molecule has 3 rings (SSSR count). The van der Waals surface area contributed by atoms with Crippen LogP contribution in [0.2, 0.25) is 0 Å². The molecule has 2 heterocycles. The van der Waals surface area contributed by atoms with Crippen LogP contribution in [0.3, 0.4) is 0 Å². The number of hydrogen-bond acceptors (Lipinski definition) is 5. The van der Waals surface area contributed by atoms with Crippen molar-refractivity contribution in [1.82, 2.24) is 9.21 Å². The molecule has 1 saturated heterocycles. The lowest BCUT2D eigenvalue weighted by Crippen LogP contribution is -2.50. The fraction of sp³-hybridized carbons (Fsp3) is 0.294. The van der Waals surface area contributed by atoms with Crippen molar-refractivity contribution in [1.29, 1.82) is 0 Å². The molecule has 132 valence electrons. The highest BCUT2D eigenvalue weighted by atomic mass is 32.2. The summed E-state index contributed by atoms with van der Waals surface area (Å²) in [6.45, 7) is 2.58. The van der Waals surface area contributed by atoms with Crippen LogP contribution in [0.15, 0.2) is 46.0 Å². The molecule has 1 fully saturated rings. The quantitative estimate of drug-likeness (QED) is 0.764. The molecular weight excluding hydrogens is 360 g/mol. The summed E-state index contributed by atoms with van der Waals surface area (Å²) in [7, 11) is -3.68. The zero-order chi connectivity index (χ0) is 18.0. The van der Waals surface area contributed by atoms with E-state index < -0.39 is 10.0 Å². The number of benzene rings is 1. The van der Waals surface area contributed by atoms with Crippen molar-refractivity contribution >= 4 is 33.1 Å². The second-order valence-corrected chi connectivity index (χ2v) is 8.51. The molecule has 1 aromatic carbocycles. The molecule has 6 nitrogen and oxygen atoms in total. The lowest BCUT2D eigenvalue weighted by Gasteiger charge is -2.34. The van der Waals surface area contributed by atoms with Gasteiger partial charge >= 0.3 is 0 Å². The smallest absolute Gasteiger partial charge is 0.254 e. The van der Waals surface area contributed by atoms with Crippen LogP contribution < -0.4 is 0 Å². The van der Waals surface area contributed by atoms with Crippen LogP contribution in [0, 0.1) is 0 Å². The zero-order valence-corrected chi connectivity index (χ0v) is 15.3. The molecule has 0 N–H and O–H groups in total. The predicted octanol–water partition coefficient (Wildman–Crippen LogP) is 2.10. The first-order valence-corrected chi connectivity index (χ1v) is 10.2. The maximum absolute atomic E-state index is 12.8. The average molecular weight is 378 g/mol. The number of sulfonamides is 1. The van der Waals surface area contributed by atoms with Gasteiger partial charge < -0.3 is 4.90 Å². The van der Waals surface area contributed by atoms with Crippen LogP contribution in [0.1, 0.15) is 27.6 Å². The minimum Gasteiger partial charge on any atom is -0.336 e. The molecule has 1 aliphatic heterocycles. The molecule has 8 heteroatoms. The number of thiophene rings is 1. The first kappa shape index (κ1) is 17.8. The molecule has 0 radical (unpaired) electrons. The number of piperazine rings is 1. The largest absolute Gasteiger partial charge is 0.336 e. The van der Waals surface area contributed by atoms with E-state index in [0.717, 1.165) is 0 Å². The van der Waals surface area contributed by atoms with E-state index in [4.69, 9.17) is 0 Å². The van der Waals surface area contributed by atoms with Gasteiger partial charge in [-0.25, -0.2) is 8.42 Å². The van der Waals surface area contributed by atoms with E-state index in [0.29, 0.717) is 24.2 Å². The Labute approximate surface area is 150 Å². The Morgan fingerprint density at radius 3 is 2.36 bits per heavy atom. The van der Waals surface area contributed by atoms with Crippen LogP contribution in [0.5, 0.6) is 0 Å². The Bertz CT molecular complexity index is 883. The Hall–Kier alpha value is -2.03. The van der Waals surface area contributed by atoms with Gasteiger partial charge in [-0.3, -0.25) is 9.59 Å². The maximum atomic E-state index is 12.8. The van der Waals surface area contributed by atoms with Crippen LogP contribution in [0.25, 0.3) is 0 Å². The van der Waals surface area contributed by atoms with Crippen molar-refractivity contribution in [3.05, 3.63) is 52.2 Å². The Kier molecular flexibility index (Phi) is 5.03. The molecule has 0 spiro atoms. The third-order valence-electron chi connectivity index (χ3n) is 4.17. The monoisotopic (exact) mass is 378 g/mol. The highest BCUT2D eigenvalue weighted by Crippen LogP contribution is 2.20. The number of carbonyl (C=O) groups excluding carboxylic acids is 2. The molecule has 0 atom stereocenters. The van der Waals surface area contributed by atoms with Gasteiger partial charge in [0.15, 0.2) is 5.78 Å². The third-order valence-corrected chi connectivity index (χ3v) is 6.75. The molecule has 1 aromatic heterocycles. The third kappa shape index (κ3) is 3.65. The summed E-state index contributed by atoms with van der Waals surface area (Å²) in [5.41, 5.74) is 1.00. The molecule has 1 amide bonds. The average Bonchev–Trinajstić information content (AvgIpc) is 3.16. The minimum absolute atomic E-state index is 0.0723. The summed E-state index contributed by atoms with van der Waals surface area (Å²) in [6.07, 6.45) is 0. The van der Waals surface area contributed by atoms with Gasteiger partial charge in [0, 0.05) is 37.1 Å². The fourth-order valence-corrected chi connectivity index (χ4v) is 4.82. The van der Waals surface area contributed by atoms with E-state index in [9.17, 15) is 18.0 Å². The molecule has 2 aromatic rings. The SMILES string of the molecule is CC(=O)c1cccc(S(=O)(=O)N2CCN(C(=O)c3ccsc3)CC2)c1. The van der Waals surface area contributed by atoms with Gasteiger partial charge in [0.25, 0.3) is 5.91 Å². The first-order chi connectivity index (χ1) is 11.9. The number of hydrogen-bond donors (Lipinski definition) is 0. The highest BCUT2D eigenvalue weighted by Gasteiger charge is 2.30. The Balaban J connectivity index is 1.72. The molecular formula is C17H18N2O4S2. The highest BCUT2D eigenvalue weighted by molar-refractivity contribution is 7.89. The van der Waals surface area contributed by atoms with E-state index in [-0.39, 0.29) is 29.7 Å². The van der Waals surface area contributed by atoms with E-state index in [1.54, 1.807) is 28.5 Å². The van der Waals surface area contributed by atoms with E-state index in [1.165, 1.54) is 34.7 Å². The normalized spacial score (nSPS) is 16.0. The first-order valence-electron chi connectivity index (χ1n) is 7.82. The Morgan fingerprint density at radius 2 is 1.76 bits per heavy atom. The predicted molar refractivity (Wildman–Crippen MR) is 95.4 cm³/mol. The molecule has 0 bridgehead atoms. The summed E-state index contributed by atoms with van der Waals surface area (Å²) >= 11 is 1.46. The fourth-order valence-electron chi connectivity index (χ4n) is 2.72. The topological polar surface area (TPSA) is 74.8 Å². The number of nitrogens with zero attached hydrogens (tertiary/aromatic N) is 2. The van der Waals surface area contributed by atoms with E-state index in [2.05, 4.69) is 0 Å². The van der Waals surface area contributed by atoms with Gasteiger partial charge in [-0.1, -0.05) is 12.1 Å². The summed E-state index contributed by atoms with van der Waals surface area (Å²) in [5.74, 6) is -0.250. The second-order valence-electron chi connectivity index (χ2n) is 5.79. The summed E-state index contributed by atoms with van der Waals surface area (Å²) in [5, 5.41) is 3.63. The van der Waals surface area contributed by atoms with E-state index in [1.807, 2.05) is 5.38 Å². The number of amides is 1. The van der Waals surface area contributed by atoms with Crippen molar-refractivity contribution < 1.29 is 18.0 Å². The number of carbonyl (C=O) groups is 2. The number of rotatable bonds is 4. The molecule has 1 aliphatic rings. The van der Waals surface area contributed by atoms with Crippen molar-refractivity contribution in [3.63, 3.8) is 0 Å². The molecule has 25 heavy (non-hydrogen) atoms. The van der Waals surface area contributed by atoms with Gasteiger partial charge in [0.1, 0.15) is 0 Å². The van der Waals surface area contributed by atoms with Gasteiger partial charge in [-0.15, -0.1) is 0 Å². The molecule has 0 aliphatic carbocycles. The second kappa shape index (κ2) is 7.07. The standard InChI is InChI=1S/C17H18N2O4S2/c1-13(20)14-3-2-4-16(11-14)25(22,23)19-8-6-18(7-9-19)17(21)15-5-10-24-12-15/h2-5,10-12H,6-9H2,1H3. The van der Waals surface area contributed by atoms with E-state index >= 15 is 0 Å². The van der Waals surface area contributed by atoms with Crippen molar-refractivity contribution in [2.75, 3.05) is 26.2 Å². The van der Waals surface area contributed by atoms with Crippen LogP contribution in [-0.2, 0) is 10.0 Å². The Morgan fingerprint density at radius 1 is 1.04 bits per heavy atom. The van der Waals surface area contributed by atoms with Crippen LogP contribution >= 0.6 is 11.3 Å². The number of Topliss-reactive ketones (excluding diaryl/α,β-unsaturated/α-hetero) is 1. The van der Waals surface area contributed by atoms with Crippen molar-refractivity contribution in [3.8, 4) is 0 Å². The lowest BCUT2D eigenvalue weighted by atomic mass is 10.2. The van der Waals surface area contributed by atoms with Crippen LogP contribution in [0.4, 0.5) is 0 Å². The van der Waals surface area contributed by atoms with Gasteiger partial charge in [0.2, 0.25) is 10.0 Å². The molecule has 0 saturated carbocycles. The molecule has 0 unspecified atom stereocenters. The zero-order valence-electron chi connectivity index (χ0n) is 13.7. The van der Waals surface area contributed by atoms with Crippen LogP contribution in [-0.4, -0.2) is 55.5 Å². The minimum atomic E-state index is -3.68. The van der Waals surface area contributed by atoms with Gasteiger partial charge in [0.05, 0.1) is 10.5 Å². The van der Waals surface area contributed by atoms with Gasteiger partial charge in [-0.05, 0) is 30.5 Å².